The molecule has 0 amide bonds. The van der Waals surface area contributed by atoms with E-state index in [1.165, 1.54) is 0 Å². The van der Waals surface area contributed by atoms with Crippen molar-refractivity contribution in [1.29, 1.82) is 0 Å². The minimum Gasteiger partial charge on any atom is -0.354 e. The Balaban J connectivity index is 2.04. The highest BCUT2D eigenvalue weighted by Crippen LogP contribution is 2.24. The van der Waals surface area contributed by atoms with Gasteiger partial charge in [0.05, 0.1) is 5.52 Å². The first-order valence-electron chi connectivity index (χ1n) is 6.05. The number of benzene rings is 1. The Hall–Kier alpha value is -1.68. The van der Waals surface area contributed by atoms with Crippen LogP contribution < -0.4 is 10.6 Å². The molecule has 1 saturated heterocycles. The van der Waals surface area contributed by atoms with Gasteiger partial charge in [-0.25, -0.2) is 9.97 Å². The van der Waals surface area contributed by atoms with E-state index in [4.69, 9.17) is 5.73 Å². The molecule has 2 N–H and O–H groups in total. The van der Waals surface area contributed by atoms with E-state index < -0.39 is 0 Å². The summed E-state index contributed by atoms with van der Waals surface area (Å²) in [6.45, 7) is 1.93. The van der Waals surface area contributed by atoms with Crippen molar-refractivity contribution in [2.24, 2.45) is 5.73 Å². The van der Waals surface area contributed by atoms with Gasteiger partial charge >= 0.3 is 0 Å². The summed E-state index contributed by atoms with van der Waals surface area (Å²) >= 11 is 0. The van der Waals surface area contributed by atoms with E-state index in [0.29, 0.717) is 0 Å². The minimum absolute atomic E-state index is 0.262. The van der Waals surface area contributed by atoms with E-state index in [0.717, 1.165) is 42.7 Å². The molecule has 0 saturated carbocycles. The Bertz CT molecular complexity index is 520. The van der Waals surface area contributed by atoms with Gasteiger partial charge in [-0.2, -0.15) is 0 Å². The number of hydrogen-bond donors (Lipinski definition) is 1. The fourth-order valence-corrected chi connectivity index (χ4v) is 2.44. The molecule has 17 heavy (non-hydrogen) atoms. The van der Waals surface area contributed by atoms with Gasteiger partial charge in [-0.3, -0.25) is 0 Å². The fourth-order valence-electron chi connectivity index (χ4n) is 2.44. The molecule has 88 valence electrons. The molecule has 1 atom stereocenters. The molecule has 0 spiro atoms. The maximum atomic E-state index is 6.02. The lowest BCUT2D eigenvalue weighted by atomic mass is 10.1. The molecule has 1 aliphatic rings. The maximum absolute atomic E-state index is 6.02. The minimum atomic E-state index is 0.262. The SMILES string of the molecule is NC1CCCN(c2ncnc3ccccc23)C1. The van der Waals surface area contributed by atoms with Gasteiger partial charge in [-0.15, -0.1) is 0 Å². The van der Waals surface area contributed by atoms with Crippen LogP contribution in [0.2, 0.25) is 0 Å². The average molecular weight is 228 g/mol. The molecule has 0 bridgehead atoms. The number of anilines is 1. The molecule has 0 aliphatic carbocycles. The topological polar surface area (TPSA) is 55.0 Å². The van der Waals surface area contributed by atoms with Crippen molar-refractivity contribution in [3.05, 3.63) is 30.6 Å². The van der Waals surface area contributed by atoms with Crippen molar-refractivity contribution < 1.29 is 0 Å². The summed E-state index contributed by atoms with van der Waals surface area (Å²) in [5.74, 6) is 1.02. The number of nitrogens with zero attached hydrogens (tertiary/aromatic N) is 3. The Kier molecular flexibility index (Phi) is 2.65. The van der Waals surface area contributed by atoms with Gasteiger partial charge in [-0.05, 0) is 25.0 Å². The van der Waals surface area contributed by atoms with Crippen LogP contribution in [0.3, 0.4) is 0 Å². The van der Waals surface area contributed by atoms with Crippen LogP contribution >= 0.6 is 0 Å². The number of piperidine rings is 1. The summed E-state index contributed by atoms with van der Waals surface area (Å²) in [5.41, 5.74) is 7.02. The maximum Gasteiger partial charge on any atom is 0.139 e. The van der Waals surface area contributed by atoms with Crippen molar-refractivity contribution >= 4 is 16.7 Å². The molecule has 2 aromatic rings. The van der Waals surface area contributed by atoms with Crippen LogP contribution in [0.4, 0.5) is 5.82 Å². The third-order valence-electron chi connectivity index (χ3n) is 3.28. The van der Waals surface area contributed by atoms with E-state index in [2.05, 4.69) is 20.9 Å². The zero-order chi connectivity index (χ0) is 11.7. The largest absolute Gasteiger partial charge is 0.354 e. The predicted molar refractivity (Wildman–Crippen MR) is 69.0 cm³/mol. The Morgan fingerprint density at radius 3 is 3.00 bits per heavy atom. The lowest BCUT2D eigenvalue weighted by molar-refractivity contribution is 0.504. The fraction of sp³-hybridized carbons (Fsp3) is 0.385. The van der Waals surface area contributed by atoms with Crippen LogP contribution in [-0.4, -0.2) is 29.1 Å². The summed E-state index contributed by atoms with van der Waals surface area (Å²) in [5, 5.41) is 1.11. The van der Waals surface area contributed by atoms with Gasteiger partial charge in [0.1, 0.15) is 12.1 Å². The van der Waals surface area contributed by atoms with Crippen molar-refractivity contribution in [3.8, 4) is 0 Å². The number of nitrogens with two attached hydrogens (primary N) is 1. The molecular weight excluding hydrogens is 212 g/mol. The molecule has 2 heterocycles. The molecular formula is C13H16N4. The standard InChI is InChI=1S/C13H16N4/c14-10-4-3-7-17(8-10)13-11-5-1-2-6-12(11)15-9-16-13/h1-2,5-6,9-10H,3-4,7-8,14H2. The summed E-state index contributed by atoms with van der Waals surface area (Å²) in [6, 6.07) is 8.38. The molecule has 4 nitrogen and oxygen atoms in total. The van der Waals surface area contributed by atoms with E-state index in [9.17, 15) is 0 Å². The second kappa shape index (κ2) is 4.30. The lowest BCUT2D eigenvalue weighted by Crippen LogP contribution is -2.43. The monoisotopic (exact) mass is 228 g/mol. The van der Waals surface area contributed by atoms with E-state index in [1.54, 1.807) is 6.33 Å². The lowest BCUT2D eigenvalue weighted by Gasteiger charge is -2.32. The van der Waals surface area contributed by atoms with Crippen LogP contribution in [0.25, 0.3) is 10.9 Å². The Morgan fingerprint density at radius 2 is 2.12 bits per heavy atom. The normalized spacial score (nSPS) is 20.8. The summed E-state index contributed by atoms with van der Waals surface area (Å²) < 4.78 is 0. The molecule has 3 rings (SSSR count). The highest BCUT2D eigenvalue weighted by molar-refractivity contribution is 5.89. The van der Waals surface area contributed by atoms with Crippen molar-refractivity contribution in [3.63, 3.8) is 0 Å². The summed E-state index contributed by atoms with van der Waals surface area (Å²) in [7, 11) is 0. The summed E-state index contributed by atoms with van der Waals surface area (Å²) in [6.07, 6.45) is 3.89. The van der Waals surface area contributed by atoms with Crippen LogP contribution in [0.15, 0.2) is 30.6 Å². The number of hydrogen-bond acceptors (Lipinski definition) is 4. The number of aromatic nitrogens is 2. The van der Waals surface area contributed by atoms with Gasteiger partial charge in [0.2, 0.25) is 0 Å². The smallest absolute Gasteiger partial charge is 0.139 e. The summed E-state index contributed by atoms with van der Waals surface area (Å²) in [4.78, 5) is 11.0. The van der Waals surface area contributed by atoms with Crippen molar-refractivity contribution in [1.82, 2.24) is 9.97 Å². The van der Waals surface area contributed by atoms with E-state index >= 15 is 0 Å². The van der Waals surface area contributed by atoms with Gasteiger partial charge < -0.3 is 10.6 Å². The first-order valence-corrected chi connectivity index (χ1v) is 6.05. The van der Waals surface area contributed by atoms with Crippen LogP contribution in [-0.2, 0) is 0 Å². The third-order valence-corrected chi connectivity index (χ3v) is 3.28. The van der Waals surface area contributed by atoms with Crippen molar-refractivity contribution in [2.75, 3.05) is 18.0 Å². The second-order valence-corrected chi connectivity index (χ2v) is 4.56. The van der Waals surface area contributed by atoms with Gasteiger partial charge in [0.25, 0.3) is 0 Å². The first-order chi connectivity index (χ1) is 8.34. The van der Waals surface area contributed by atoms with Crippen LogP contribution in [0, 0.1) is 0 Å². The highest BCUT2D eigenvalue weighted by Gasteiger charge is 2.19. The molecule has 1 aromatic heterocycles. The van der Waals surface area contributed by atoms with Crippen LogP contribution in [0.1, 0.15) is 12.8 Å². The van der Waals surface area contributed by atoms with Crippen molar-refractivity contribution in [2.45, 2.75) is 18.9 Å². The highest BCUT2D eigenvalue weighted by atomic mass is 15.2. The quantitative estimate of drug-likeness (QED) is 0.804. The molecule has 1 fully saturated rings. The van der Waals surface area contributed by atoms with E-state index in [-0.39, 0.29) is 6.04 Å². The second-order valence-electron chi connectivity index (χ2n) is 4.56. The third kappa shape index (κ3) is 1.96. The number of rotatable bonds is 1. The molecule has 0 radical (unpaired) electrons. The van der Waals surface area contributed by atoms with E-state index in [1.807, 2.05) is 18.2 Å². The predicted octanol–water partition coefficient (Wildman–Crippen LogP) is 1.56. The van der Waals surface area contributed by atoms with Gasteiger partial charge in [0.15, 0.2) is 0 Å². The number of fused-ring (bicyclic) bond motifs is 1. The Morgan fingerprint density at radius 1 is 1.24 bits per heavy atom. The molecule has 1 aromatic carbocycles. The Labute approximate surface area is 100 Å². The van der Waals surface area contributed by atoms with Gasteiger partial charge in [0, 0.05) is 24.5 Å². The average Bonchev–Trinajstić information content (AvgIpc) is 2.38. The number of para-hydroxylation sites is 1. The molecule has 4 heteroatoms. The molecule has 1 aliphatic heterocycles. The molecule has 1 unspecified atom stereocenters. The first kappa shape index (κ1) is 10.5. The van der Waals surface area contributed by atoms with Gasteiger partial charge in [-0.1, -0.05) is 12.1 Å². The zero-order valence-corrected chi connectivity index (χ0v) is 9.71. The van der Waals surface area contributed by atoms with Crippen LogP contribution in [0.5, 0.6) is 0 Å². The zero-order valence-electron chi connectivity index (χ0n) is 9.71.